The second-order valence-electron chi connectivity index (χ2n) is 7.74. The molecular formula is C21H25N3O2. The largest absolute Gasteiger partial charge is 0.490 e. The number of rotatable bonds is 4. The molecule has 1 unspecified atom stereocenters. The van der Waals surface area contributed by atoms with Crippen LogP contribution in [-0.4, -0.2) is 40.0 Å². The van der Waals surface area contributed by atoms with Crippen LogP contribution in [-0.2, 0) is 0 Å². The molecule has 1 saturated carbocycles. The number of amides is 1. The van der Waals surface area contributed by atoms with Crippen LogP contribution in [0.15, 0.2) is 42.7 Å². The average molecular weight is 351 g/mol. The van der Waals surface area contributed by atoms with Gasteiger partial charge in [-0.3, -0.25) is 4.79 Å². The zero-order valence-corrected chi connectivity index (χ0v) is 15.3. The normalized spacial score (nSPS) is 24.7. The standard InChI is InChI=1S/C21H25N3O2/c1-14(2)20-22-10-17(11-23-20)21(25)24-12-15-8-19(9-16(15)13-24)26-18-6-4-3-5-7-18/h3-7,10-11,14-16,19H,8-9,12-13H2,1-2H3/t15-,16+,19?. The van der Waals surface area contributed by atoms with Gasteiger partial charge in [0.2, 0.25) is 0 Å². The monoisotopic (exact) mass is 351 g/mol. The lowest BCUT2D eigenvalue weighted by Gasteiger charge is -2.20. The molecule has 1 aromatic carbocycles. The summed E-state index contributed by atoms with van der Waals surface area (Å²) in [6.07, 6.45) is 5.64. The fourth-order valence-corrected chi connectivity index (χ4v) is 4.13. The number of likely N-dealkylation sites (tertiary alicyclic amines) is 1. The number of aromatic nitrogens is 2. The minimum atomic E-state index is 0.0511. The summed E-state index contributed by atoms with van der Waals surface area (Å²) in [6, 6.07) is 10.0. The van der Waals surface area contributed by atoms with Crippen molar-refractivity contribution in [2.24, 2.45) is 11.8 Å². The Kier molecular flexibility index (Phi) is 4.62. The fraction of sp³-hybridized carbons (Fsp3) is 0.476. The van der Waals surface area contributed by atoms with Crippen molar-refractivity contribution in [3.05, 3.63) is 54.1 Å². The maximum absolute atomic E-state index is 12.7. The Morgan fingerprint density at radius 2 is 1.69 bits per heavy atom. The highest BCUT2D eigenvalue weighted by molar-refractivity contribution is 5.93. The van der Waals surface area contributed by atoms with Crippen LogP contribution in [0.25, 0.3) is 0 Å². The molecular weight excluding hydrogens is 326 g/mol. The van der Waals surface area contributed by atoms with Gasteiger partial charge in [0.15, 0.2) is 0 Å². The average Bonchev–Trinajstić information content (AvgIpc) is 3.20. The molecule has 0 spiro atoms. The van der Waals surface area contributed by atoms with E-state index in [1.807, 2.05) is 49.1 Å². The van der Waals surface area contributed by atoms with Gasteiger partial charge >= 0.3 is 0 Å². The lowest BCUT2D eigenvalue weighted by molar-refractivity contribution is 0.0769. The minimum Gasteiger partial charge on any atom is -0.490 e. The summed E-state index contributed by atoms with van der Waals surface area (Å²) in [7, 11) is 0. The van der Waals surface area contributed by atoms with Crippen molar-refractivity contribution >= 4 is 5.91 Å². The Morgan fingerprint density at radius 1 is 1.08 bits per heavy atom. The lowest BCUT2D eigenvalue weighted by atomic mass is 10.0. The number of carbonyl (C=O) groups excluding carboxylic acids is 1. The van der Waals surface area contributed by atoms with Gasteiger partial charge in [0.25, 0.3) is 5.91 Å². The lowest BCUT2D eigenvalue weighted by Crippen LogP contribution is -2.31. The van der Waals surface area contributed by atoms with E-state index >= 15 is 0 Å². The predicted molar refractivity (Wildman–Crippen MR) is 99.1 cm³/mol. The molecule has 1 amide bonds. The summed E-state index contributed by atoms with van der Waals surface area (Å²) in [4.78, 5) is 23.4. The number of carbonyl (C=O) groups is 1. The highest BCUT2D eigenvalue weighted by Crippen LogP contribution is 2.40. The number of ether oxygens (including phenoxy) is 1. The summed E-state index contributed by atoms with van der Waals surface area (Å²) in [5.74, 6) is 3.10. The Bertz CT molecular complexity index is 747. The molecule has 5 nitrogen and oxygen atoms in total. The minimum absolute atomic E-state index is 0.0511. The molecule has 2 heterocycles. The van der Waals surface area contributed by atoms with Gasteiger partial charge < -0.3 is 9.64 Å². The van der Waals surface area contributed by atoms with Gasteiger partial charge in [-0.25, -0.2) is 9.97 Å². The molecule has 26 heavy (non-hydrogen) atoms. The SMILES string of the molecule is CC(C)c1ncc(C(=O)N2C[C@H]3CC(Oc4ccccc4)C[C@H]3C2)cn1. The Morgan fingerprint density at radius 3 is 2.27 bits per heavy atom. The molecule has 0 bridgehead atoms. The Hall–Kier alpha value is -2.43. The van der Waals surface area contributed by atoms with Crippen molar-refractivity contribution in [1.29, 1.82) is 0 Å². The van der Waals surface area contributed by atoms with E-state index in [1.165, 1.54) is 0 Å². The van der Waals surface area contributed by atoms with Gasteiger partial charge in [0.1, 0.15) is 11.6 Å². The van der Waals surface area contributed by atoms with Crippen molar-refractivity contribution in [3.8, 4) is 5.75 Å². The van der Waals surface area contributed by atoms with Crippen LogP contribution < -0.4 is 4.74 Å². The van der Waals surface area contributed by atoms with Crippen LogP contribution in [0.1, 0.15) is 48.8 Å². The zero-order valence-electron chi connectivity index (χ0n) is 15.3. The molecule has 3 atom stereocenters. The topological polar surface area (TPSA) is 55.3 Å². The third kappa shape index (κ3) is 3.43. The van der Waals surface area contributed by atoms with Crippen molar-refractivity contribution < 1.29 is 9.53 Å². The second-order valence-corrected chi connectivity index (χ2v) is 7.74. The van der Waals surface area contributed by atoms with Gasteiger partial charge in [0.05, 0.1) is 11.7 Å². The van der Waals surface area contributed by atoms with Crippen LogP contribution in [0.2, 0.25) is 0 Å². The molecule has 1 aromatic heterocycles. The molecule has 136 valence electrons. The first-order valence-electron chi connectivity index (χ1n) is 9.43. The van der Waals surface area contributed by atoms with E-state index in [4.69, 9.17) is 4.74 Å². The van der Waals surface area contributed by atoms with Gasteiger partial charge in [-0.1, -0.05) is 32.0 Å². The smallest absolute Gasteiger partial charge is 0.257 e. The maximum atomic E-state index is 12.7. The zero-order chi connectivity index (χ0) is 18.1. The van der Waals surface area contributed by atoms with Crippen LogP contribution >= 0.6 is 0 Å². The molecule has 1 saturated heterocycles. The van der Waals surface area contributed by atoms with E-state index < -0.39 is 0 Å². The fourth-order valence-electron chi connectivity index (χ4n) is 4.13. The third-order valence-electron chi connectivity index (χ3n) is 5.48. The Labute approximate surface area is 154 Å². The number of hydrogen-bond donors (Lipinski definition) is 0. The molecule has 2 aromatic rings. The quantitative estimate of drug-likeness (QED) is 0.846. The summed E-state index contributed by atoms with van der Waals surface area (Å²) in [5.41, 5.74) is 0.589. The van der Waals surface area contributed by atoms with E-state index in [0.717, 1.165) is 37.5 Å². The van der Waals surface area contributed by atoms with E-state index in [1.54, 1.807) is 12.4 Å². The van der Waals surface area contributed by atoms with Gasteiger partial charge in [0, 0.05) is 31.4 Å². The summed E-state index contributed by atoms with van der Waals surface area (Å²) in [6.45, 7) is 5.72. The first-order chi connectivity index (χ1) is 12.6. The molecule has 5 heteroatoms. The van der Waals surface area contributed by atoms with E-state index in [-0.39, 0.29) is 17.9 Å². The summed E-state index contributed by atoms with van der Waals surface area (Å²) < 4.78 is 6.10. The van der Waals surface area contributed by atoms with Gasteiger partial charge in [-0.15, -0.1) is 0 Å². The van der Waals surface area contributed by atoms with Crippen LogP contribution in [0.4, 0.5) is 0 Å². The predicted octanol–water partition coefficient (Wildman–Crippen LogP) is 3.53. The van der Waals surface area contributed by atoms with Crippen LogP contribution in [0, 0.1) is 11.8 Å². The highest BCUT2D eigenvalue weighted by Gasteiger charge is 2.43. The number of nitrogens with zero attached hydrogens (tertiary/aromatic N) is 3. The first kappa shape index (κ1) is 17.0. The van der Waals surface area contributed by atoms with Crippen molar-refractivity contribution in [3.63, 3.8) is 0 Å². The number of benzene rings is 1. The number of fused-ring (bicyclic) bond motifs is 1. The maximum Gasteiger partial charge on any atom is 0.257 e. The van der Waals surface area contributed by atoms with Crippen LogP contribution in [0.5, 0.6) is 5.75 Å². The van der Waals surface area contributed by atoms with E-state index in [0.29, 0.717) is 17.4 Å². The van der Waals surface area contributed by atoms with E-state index in [2.05, 4.69) is 9.97 Å². The summed E-state index contributed by atoms with van der Waals surface area (Å²) >= 11 is 0. The van der Waals surface area contributed by atoms with Gasteiger partial charge in [-0.2, -0.15) is 0 Å². The number of hydrogen-bond acceptors (Lipinski definition) is 4. The van der Waals surface area contributed by atoms with Crippen molar-refractivity contribution in [2.75, 3.05) is 13.1 Å². The molecule has 2 aliphatic rings. The third-order valence-corrected chi connectivity index (χ3v) is 5.48. The first-order valence-corrected chi connectivity index (χ1v) is 9.43. The van der Waals surface area contributed by atoms with Crippen molar-refractivity contribution in [2.45, 2.75) is 38.7 Å². The molecule has 4 rings (SSSR count). The molecule has 0 N–H and O–H groups in total. The Balaban J connectivity index is 1.34. The highest BCUT2D eigenvalue weighted by atomic mass is 16.5. The molecule has 1 aliphatic carbocycles. The van der Waals surface area contributed by atoms with Crippen molar-refractivity contribution in [1.82, 2.24) is 14.9 Å². The second kappa shape index (κ2) is 7.06. The molecule has 1 aliphatic heterocycles. The van der Waals surface area contributed by atoms with Crippen LogP contribution in [0.3, 0.4) is 0 Å². The molecule has 0 radical (unpaired) electrons. The molecule has 2 fully saturated rings. The van der Waals surface area contributed by atoms with Gasteiger partial charge in [-0.05, 0) is 36.8 Å². The number of para-hydroxylation sites is 1. The summed E-state index contributed by atoms with van der Waals surface area (Å²) in [5, 5.41) is 0. The van der Waals surface area contributed by atoms with E-state index in [9.17, 15) is 4.79 Å².